The van der Waals surface area contributed by atoms with Gasteiger partial charge in [0.2, 0.25) is 5.82 Å². The Morgan fingerprint density at radius 3 is 2.43 bits per heavy atom. The van der Waals surface area contributed by atoms with Gasteiger partial charge in [-0.05, 0) is 37.6 Å². The third-order valence-electron chi connectivity index (χ3n) is 3.03. The third kappa shape index (κ3) is 3.41. The summed E-state index contributed by atoms with van der Waals surface area (Å²) >= 11 is 0. The first kappa shape index (κ1) is 14.6. The van der Waals surface area contributed by atoms with Crippen LogP contribution in [0.1, 0.15) is 11.1 Å². The molecule has 0 heterocycles. The molecule has 108 valence electrons. The van der Waals surface area contributed by atoms with E-state index in [1.54, 1.807) is 25.1 Å². The molecule has 0 atom stereocenters. The second-order valence-corrected chi connectivity index (χ2v) is 4.69. The number of phenolic OH excluding ortho intramolecular Hbond substituents is 1. The van der Waals surface area contributed by atoms with Crippen molar-refractivity contribution in [2.75, 3.05) is 10.4 Å². The van der Waals surface area contributed by atoms with Crippen molar-refractivity contribution in [3.05, 3.63) is 59.4 Å². The van der Waals surface area contributed by atoms with Crippen molar-refractivity contribution in [3.8, 4) is 5.75 Å². The highest BCUT2D eigenvalue weighted by Gasteiger charge is 2.14. The average Bonchev–Trinajstić information content (AvgIpc) is 2.49. The lowest BCUT2D eigenvalue weighted by atomic mass is 10.2. The van der Waals surface area contributed by atoms with E-state index in [9.17, 15) is 14.4 Å². The quantitative estimate of drug-likeness (QED) is 0.667. The van der Waals surface area contributed by atoms with Crippen LogP contribution in [0.3, 0.4) is 0 Å². The van der Waals surface area contributed by atoms with Crippen molar-refractivity contribution < 1.29 is 14.4 Å². The van der Waals surface area contributed by atoms with Crippen molar-refractivity contribution in [2.24, 2.45) is 0 Å². The normalized spacial score (nSPS) is 9.86. The van der Waals surface area contributed by atoms with E-state index in [-0.39, 0.29) is 22.4 Å². The van der Waals surface area contributed by atoms with Gasteiger partial charge < -0.3 is 10.4 Å². The molecular weight excluding hydrogens is 271 g/mol. The van der Waals surface area contributed by atoms with E-state index >= 15 is 0 Å². The molecule has 21 heavy (non-hydrogen) atoms. The highest BCUT2D eigenvalue weighted by Crippen LogP contribution is 2.26. The molecule has 2 aromatic carbocycles. The maximum absolute atomic E-state index is 14.2. The monoisotopic (exact) mass is 286 g/mol. The van der Waals surface area contributed by atoms with Crippen molar-refractivity contribution >= 4 is 17.3 Å². The molecule has 0 aliphatic heterocycles. The maximum Gasteiger partial charge on any atom is 0.227 e. The van der Waals surface area contributed by atoms with Crippen LogP contribution in [0.15, 0.2) is 48.3 Å². The second-order valence-electron chi connectivity index (χ2n) is 4.69. The molecule has 0 fully saturated rings. The zero-order valence-corrected chi connectivity index (χ0v) is 11.7. The Balaban J connectivity index is 2.22. The van der Waals surface area contributed by atoms with Crippen LogP contribution in [0.5, 0.6) is 5.75 Å². The summed E-state index contributed by atoms with van der Waals surface area (Å²) in [6, 6.07) is 11.4. The van der Waals surface area contributed by atoms with Crippen LogP contribution < -0.4 is 10.4 Å². The Morgan fingerprint density at radius 1 is 1.19 bits per heavy atom. The first-order valence-corrected chi connectivity index (χ1v) is 6.35. The number of carbonyl (C=O) groups excluding carboxylic acids is 1. The molecule has 0 saturated carbocycles. The minimum absolute atomic E-state index is 0.0380. The molecule has 0 saturated heterocycles. The Morgan fingerprint density at radius 2 is 1.86 bits per heavy atom. The molecule has 0 aliphatic rings. The summed E-state index contributed by atoms with van der Waals surface area (Å²) in [6.07, 6.45) is 0. The lowest BCUT2D eigenvalue weighted by Crippen LogP contribution is -2.19. The average molecular weight is 286 g/mol. The molecule has 0 radical (unpaired) electrons. The largest absolute Gasteiger partial charge is 0.508 e. The van der Waals surface area contributed by atoms with E-state index in [4.69, 9.17) is 0 Å². The molecule has 2 N–H and O–H groups in total. The Bertz CT molecular complexity index is 692. The fraction of sp³-hybridized carbons (Fsp3) is 0.125. The summed E-state index contributed by atoms with van der Waals surface area (Å²) in [7, 11) is 0. The Hall–Kier alpha value is -2.78. The Labute approximate surface area is 122 Å². The van der Waals surface area contributed by atoms with E-state index in [2.05, 4.69) is 5.32 Å². The predicted octanol–water partition coefficient (Wildman–Crippen LogP) is 3.49. The molecule has 0 spiro atoms. The number of phenols is 1. The number of aromatic hydroxyl groups is 1. The fourth-order valence-corrected chi connectivity index (χ4v) is 1.74. The van der Waals surface area contributed by atoms with Crippen LogP contribution in [0.4, 0.5) is 15.9 Å². The molecular formula is C16H15FN2O2. The van der Waals surface area contributed by atoms with Crippen molar-refractivity contribution in [1.82, 2.24) is 0 Å². The van der Waals surface area contributed by atoms with E-state index in [0.29, 0.717) is 11.3 Å². The van der Waals surface area contributed by atoms with Gasteiger partial charge in [0.05, 0.1) is 5.69 Å². The molecule has 4 nitrogen and oxygen atoms in total. The highest BCUT2D eigenvalue weighted by molar-refractivity contribution is 5.69. The molecule has 2 rings (SSSR count). The van der Waals surface area contributed by atoms with Gasteiger partial charge in [0.15, 0.2) is 5.94 Å². The molecule has 0 amide bonds. The van der Waals surface area contributed by atoms with Crippen LogP contribution in [-0.4, -0.2) is 11.0 Å². The van der Waals surface area contributed by atoms with Crippen LogP contribution in [-0.2, 0) is 4.79 Å². The Kier molecular flexibility index (Phi) is 4.26. The maximum atomic E-state index is 14.2. The van der Waals surface area contributed by atoms with Gasteiger partial charge in [-0.3, -0.25) is 0 Å². The lowest BCUT2D eigenvalue weighted by molar-refractivity contribution is 0.461. The van der Waals surface area contributed by atoms with E-state index in [0.717, 1.165) is 5.56 Å². The molecule has 0 bridgehead atoms. The first-order chi connectivity index (χ1) is 10.0. The van der Waals surface area contributed by atoms with Gasteiger partial charge in [-0.25, -0.2) is 4.79 Å². The number of aryl methyl sites for hydroxylation is 2. The van der Waals surface area contributed by atoms with Gasteiger partial charge in [-0.15, -0.1) is 0 Å². The van der Waals surface area contributed by atoms with Gasteiger partial charge in [-0.1, -0.05) is 28.2 Å². The van der Waals surface area contributed by atoms with Gasteiger partial charge >= 0.3 is 0 Å². The topological polar surface area (TPSA) is 52.6 Å². The first-order valence-electron chi connectivity index (χ1n) is 6.35. The summed E-state index contributed by atoms with van der Waals surface area (Å²) < 4.78 is 14.2. The molecule has 5 heteroatoms. The van der Waals surface area contributed by atoms with E-state index in [1.165, 1.54) is 18.1 Å². The standard InChI is InChI=1S/C16H15FN2O2/c1-11-3-6-13(7-4-11)18-16(10-20)19(17)14-8-5-12(2)15(21)9-14/h3-9,18,21H,1-2H3. The zero-order chi connectivity index (χ0) is 15.4. The van der Waals surface area contributed by atoms with Crippen LogP contribution >= 0.6 is 0 Å². The SMILES string of the molecule is Cc1ccc(NC(=C=O)N(F)c2ccc(C)c(O)c2)cc1. The van der Waals surface area contributed by atoms with Gasteiger partial charge in [0.1, 0.15) is 5.75 Å². The van der Waals surface area contributed by atoms with Crippen LogP contribution in [0.25, 0.3) is 0 Å². The minimum Gasteiger partial charge on any atom is -0.508 e. The van der Waals surface area contributed by atoms with Crippen molar-refractivity contribution in [3.63, 3.8) is 0 Å². The highest BCUT2D eigenvalue weighted by atomic mass is 19.2. The van der Waals surface area contributed by atoms with E-state index in [1.807, 2.05) is 19.1 Å². The fourth-order valence-electron chi connectivity index (χ4n) is 1.74. The minimum atomic E-state index is -0.387. The van der Waals surface area contributed by atoms with Crippen molar-refractivity contribution in [2.45, 2.75) is 13.8 Å². The smallest absolute Gasteiger partial charge is 0.227 e. The van der Waals surface area contributed by atoms with Gasteiger partial charge in [0.25, 0.3) is 0 Å². The van der Waals surface area contributed by atoms with Crippen molar-refractivity contribution in [1.29, 1.82) is 0 Å². The summed E-state index contributed by atoms with van der Waals surface area (Å²) in [6.45, 7) is 3.62. The number of rotatable bonds is 4. The number of hydrogen-bond donors (Lipinski definition) is 2. The summed E-state index contributed by atoms with van der Waals surface area (Å²) in [5.41, 5.74) is 2.28. The number of anilines is 2. The molecule has 0 aliphatic carbocycles. The number of nitrogens with one attached hydrogen (secondary N) is 1. The molecule has 2 aromatic rings. The molecule has 0 unspecified atom stereocenters. The number of benzene rings is 2. The summed E-state index contributed by atoms with van der Waals surface area (Å²) in [5, 5.41) is 12.4. The summed E-state index contributed by atoms with van der Waals surface area (Å²) in [5.74, 6) is 1.09. The van der Waals surface area contributed by atoms with Crippen LogP contribution in [0, 0.1) is 13.8 Å². The zero-order valence-electron chi connectivity index (χ0n) is 11.7. The van der Waals surface area contributed by atoms with E-state index < -0.39 is 0 Å². The van der Waals surface area contributed by atoms with Gasteiger partial charge in [0, 0.05) is 11.8 Å². The summed E-state index contributed by atoms with van der Waals surface area (Å²) in [4.78, 5) is 11.0. The number of halogens is 1. The third-order valence-corrected chi connectivity index (χ3v) is 3.03. The number of hydrogen-bond acceptors (Lipinski definition) is 4. The van der Waals surface area contributed by atoms with Gasteiger partial charge in [-0.2, -0.15) is 5.12 Å². The second kappa shape index (κ2) is 6.11. The number of nitrogens with zero attached hydrogens (tertiary/aromatic N) is 1. The predicted molar refractivity (Wildman–Crippen MR) is 80.4 cm³/mol. The molecule has 0 aromatic heterocycles. The van der Waals surface area contributed by atoms with Crippen LogP contribution in [0.2, 0.25) is 0 Å². The lowest BCUT2D eigenvalue weighted by Gasteiger charge is -2.16.